The first-order chi connectivity index (χ1) is 10.5. The number of likely N-dealkylation sites (tertiary alicyclic amines) is 1. The van der Waals surface area contributed by atoms with Crippen LogP contribution in [-0.4, -0.2) is 37.7 Å². The topological polar surface area (TPSA) is 98.3 Å². The third-order valence-electron chi connectivity index (χ3n) is 4.70. The molecule has 0 spiro atoms. The molecule has 118 valence electrons. The van der Waals surface area contributed by atoms with Crippen molar-refractivity contribution in [2.75, 3.05) is 6.54 Å². The molecule has 0 radical (unpaired) electrons. The number of rotatable bonds is 4. The van der Waals surface area contributed by atoms with E-state index in [1.807, 2.05) is 0 Å². The maximum atomic E-state index is 12.4. The Morgan fingerprint density at radius 3 is 2.36 bits per heavy atom. The predicted molar refractivity (Wildman–Crippen MR) is 75.8 cm³/mol. The van der Waals surface area contributed by atoms with Crippen LogP contribution in [0.1, 0.15) is 31.5 Å². The highest BCUT2D eigenvalue weighted by Crippen LogP contribution is 2.37. The van der Waals surface area contributed by atoms with Crippen molar-refractivity contribution in [3.05, 3.63) is 22.1 Å². The van der Waals surface area contributed by atoms with Gasteiger partial charge in [0.2, 0.25) is 11.8 Å². The van der Waals surface area contributed by atoms with E-state index in [0.29, 0.717) is 5.82 Å². The van der Waals surface area contributed by atoms with Crippen molar-refractivity contribution in [1.82, 2.24) is 14.5 Å². The second-order valence-electron chi connectivity index (χ2n) is 5.90. The summed E-state index contributed by atoms with van der Waals surface area (Å²) in [7, 11) is 0. The van der Waals surface area contributed by atoms with Crippen LogP contribution in [0, 0.1) is 28.9 Å². The summed E-state index contributed by atoms with van der Waals surface area (Å²) >= 11 is 0. The van der Waals surface area contributed by atoms with Crippen LogP contribution in [0.15, 0.2) is 6.20 Å². The van der Waals surface area contributed by atoms with Gasteiger partial charge in [-0.05, 0) is 17.8 Å². The Labute approximate surface area is 127 Å². The molecule has 8 nitrogen and oxygen atoms in total. The second-order valence-corrected chi connectivity index (χ2v) is 5.90. The van der Waals surface area contributed by atoms with E-state index in [-0.39, 0.29) is 42.6 Å². The van der Waals surface area contributed by atoms with E-state index < -0.39 is 4.92 Å². The van der Waals surface area contributed by atoms with Crippen LogP contribution in [0.4, 0.5) is 5.82 Å². The SMILES string of the molecule is Cc1ncc([N+](=O)[O-])n1CCN1C(=O)[C@H]2CCCC[C@@H]2C1=O. The minimum absolute atomic E-state index is 0.116. The number of carbonyl (C=O) groups excluding carboxylic acids is 2. The molecule has 1 aliphatic heterocycles. The third-order valence-corrected chi connectivity index (χ3v) is 4.70. The fraction of sp³-hybridized carbons (Fsp3) is 0.643. The highest BCUT2D eigenvalue weighted by Gasteiger charge is 2.48. The minimum atomic E-state index is -0.507. The molecule has 0 N–H and O–H groups in total. The number of nitrogens with zero attached hydrogens (tertiary/aromatic N) is 4. The lowest BCUT2D eigenvalue weighted by molar-refractivity contribution is -0.392. The van der Waals surface area contributed by atoms with E-state index >= 15 is 0 Å². The van der Waals surface area contributed by atoms with Gasteiger partial charge >= 0.3 is 5.82 Å². The van der Waals surface area contributed by atoms with Gasteiger partial charge in [0.05, 0.1) is 18.4 Å². The van der Waals surface area contributed by atoms with Gasteiger partial charge in [-0.2, -0.15) is 0 Å². The van der Waals surface area contributed by atoms with Crippen LogP contribution in [0.2, 0.25) is 0 Å². The smallest absolute Gasteiger partial charge is 0.342 e. The number of amides is 2. The monoisotopic (exact) mass is 306 g/mol. The molecule has 0 aromatic carbocycles. The number of hydrogen-bond donors (Lipinski definition) is 0. The molecule has 2 amide bonds. The van der Waals surface area contributed by atoms with Gasteiger partial charge in [-0.3, -0.25) is 14.5 Å². The highest BCUT2D eigenvalue weighted by molar-refractivity contribution is 6.05. The van der Waals surface area contributed by atoms with E-state index in [4.69, 9.17) is 0 Å². The Balaban J connectivity index is 1.74. The fourth-order valence-corrected chi connectivity index (χ4v) is 3.53. The highest BCUT2D eigenvalue weighted by atomic mass is 16.6. The van der Waals surface area contributed by atoms with E-state index in [1.165, 1.54) is 15.7 Å². The average molecular weight is 306 g/mol. The standard InChI is InChI=1S/C14H18N4O4/c1-9-15-8-12(18(21)22)16(9)6-7-17-13(19)10-4-2-3-5-11(10)14(17)20/h8,10-11H,2-7H2,1H3/t10-,11-/m0/s1. The molecular formula is C14H18N4O4. The van der Waals surface area contributed by atoms with Gasteiger partial charge in [0, 0.05) is 6.92 Å². The van der Waals surface area contributed by atoms with Gasteiger partial charge in [0.1, 0.15) is 12.7 Å². The molecule has 0 bridgehead atoms. The van der Waals surface area contributed by atoms with Gasteiger partial charge in [-0.15, -0.1) is 0 Å². The number of nitro groups is 1. The summed E-state index contributed by atoms with van der Waals surface area (Å²) in [5, 5.41) is 11.0. The lowest BCUT2D eigenvalue weighted by Crippen LogP contribution is -2.34. The van der Waals surface area contributed by atoms with Crippen LogP contribution in [0.5, 0.6) is 0 Å². The van der Waals surface area contributed by atoms with Crippen molar-refractivity contribution in [2.45, 2.75) is 39.2 Å². The van der Waals surface area contributed by atoms with Crippen LogP contribution in [0.25, 0.3) is 0 Å². The van der Waals surface area contributed by atoms with Crippen molar-refractivity contribution < 1.29 is 14.5 Å². The Morgan fingerprint density at radius 2 is 1.82 bits per heavy atom. The van der Waals surface area contributed by atoms with Crippen LogP contribution < -0.4 is 0 Å². The van der Waals surface area contributed by atoms with Gasteiger partial charge in [0.25, 0.3) is 0 Å². The maximum absolute atomic E-state index is 12.4. The minimum Gasteiger partial charge on any atom is -0.358 e. The molecule has 8 heteroatoms. The van der Waals surface area contributed by atoms with Crippen LogP contribution in [-0.2, 0) is 16.1 Å². The molecule has 2 atom stereocenters. The summed E-state index contributed by atoms with van der Waals surface area (Å²) in [5.74, 6) is -0.206. The van der Waals surface area contributed by atoms with Crippen LogP contribution >= 0.6 is 0 Å². The summed E-state index contributed by atoms with van der Waals surface area (Å²) in [6, 6.07) is 0. The molecule has 2 aliphatic rings. The second kappa shape index (κ2) is 5.51. The summed E-state index contributed by atoms with van der Waals surface area (Å²) in [5.41, 5.74) is 0. The van der Waals surface area contributed by atoms with Crippen LogP contribution in [0.3, 0.4) is 0 Å². The lowest BCUT2D eigenvalue weighted by Gasteiger charge is -2.19. The Hall–Kier alpha value is -2.25. The van der Waals surface area contributed by atoms with E-state index in [2.05, 4.69) is 4.98 Å². The first-order valence-electron chi connectivity index (χ1n) is 7.52. The number of fused-ring (bicyclic) bond motifs is 1. The average Bonchev–Trinajstić information content (AvgIpc) is 2.98. The number of carbonyl (C=O) groups is 2. The normalized spacial score (nSPS) is 24.7. The largest absolute Gasteiger partial charge is 0.358 e. The quantitative estimate of drug-likeness (QED) is 0.474. The Kier molecular flexibility index (Phi) is 3.67. The van der Waals surface area contributed by atoms with E-state index in [9.17, 15) is 19.7 Å². The Morgan fingerprint density at radius 1 is 1.23 bits per heavy atom. The van der Waals surface area contributed by atoms with Gasteiger partial charge in [-0.25, -0.2) is 9.55 Å². The molecular weight excluding hydrogens is 288 g/mol. The predicted octanol–water partition coefficient (Wildman–Crippen LogP) is 1.27. The zero-order chi connectivity index (χ0) is 15.9. The molecule has 22 heavy (non-hydrogen) atoms. The van der Waals surface area contributed by atoms with Gasteiger partial charge < -0.3 is 10.1 Å². The Bertz CT molecular complexity index is 615. The summed E-state index contributed by atoms with van der Waals surface area (Å²) in [6.45, 7) is 2.04. The van der Waals surface area contributed by atoms with E-state index in [1.54, 1.807) is 6.92 Å². The summed E-state index contributed by atoms with van der Waals surface area (Å²) < 4.78 is 1.43. The van der Waals surface area contributed by atoms with E-state index in [0.717, 1.165) is 25.7 Å². The molecule has 1 aliphatic carbocycles. The molecule has 1 aromatic heterocycles. The fourth-order valence-electron chi connectivity index (χ4n) is 3.53. The molecule has 1 saturated heterocycles. The number of imide groups is 1. The number of aromatic nitrogens is 2. The van der Waals surface area contributed by atoms with Crippen molar-refractivity contribution in [3.63, 3.8) is 0 Å². The van der Waals surface area contributed by atoms with Gasteiger partial charge in [0.15, 0.2) is 5.82 Å². The molecule has 1 saturated carbocycles. The van der Waals surface area contributed by atoms with Crippen molar-refractivity contribution >= 4 is 17.6 Å². The summed E-state index contributed by atoms with van der Waals surface area (Å²) in [4.78, 5) is 40.4. The number of hydrogen-bond acceptors (Lipinski definition) is 5. The van der Waals surface area contributed by atoms with Crippen molar-refractivity contribution in [1.29, 1.82) is 0 Å². The number of aryl methyl sites for hydroxylation is 1. The molecule has 2 heterocycles. The summed E-state index contributed by atoms with van der Waals surface area (Å²) in [6.07, 6.45) is 4.72. The molecule has 2 fully saturated rings. The number of imidazole rings is 1. The maximum Gasteiger partial charge on any atom is 0.342 e. The lowest BCUT2D eigenvalue weighted by atomic mass is 9.81. The first-order valence-corrected chi connectivity index (χ1v) is 7.52. The van der Waals surface area contributed by atoms with Crippen molar-refractivity contribution in [3.8, 4) is 0 Å². The van der Waals surface area contributed by atoms with Crippen molar-refractivity contribution in [2.24, 2.45) is 11.8 Å². The van der Waals surface area contributed by atoms with Gasteiger partial charge in [-0.1, -0.05) is 12.8 Å². The zero-order valence-electron chi connectivity index (χ0n) is 12.4. The molecule has 0 unspecified atom stereocenters. The molecule has 1 aromatic rings. The molecule has 3 rings (SSSR count). The third kappa shape index (κ3) is 2.28. The zero-order valence-corrected chi connectivity index (χ0v) is 12.4. The first kappa shape index (κ1) is 14.7.